The van der Waals surface area contributed by atoms with Crippen LogP contribution in [0.25, 0.3) is 11.3 Å². The predicted molar refractivity (Wildman–Crippen MR) is 173 cm³/mol. The Bertz CT molecular complexity index is 1540. The van der Waals surface area contributed by atoms with Gasteiger partial charge in [-0.2, -0.15) is 0 Å². The maximum absolute atomic E-state index is 15.7. The summed E-state index contributed by atoms with van der Waals surface area (Å²) in [5.74, 6) is -1.80. The topological polar surface area (TPSA) is 109 Å². The van der Waals surface area contributed by atoms with Gasteiger partial charge >= 0.3 is 12.1 Å². The number of aliphatic hydroxyl groups excluding tert-OH is 1. The number of hydrogen-bond donors (Lipinski definition) is 2. The fourth-order valence-electron chi connectivity index (χ4n) is 6.35. The lowest BCUT2D eigenvalue weighted by Crippen LogP contribution is -2.49. The summed E-state index contributed by atoms with van der Waals surface area (Å²) >= 11 is 0. The molecule has 0 radical (unpaired) electrons. The van der Waals surface area contributed by atoms with Crippen LogP contribution in [0.15, 0.2) is 54.7 Å². The lowest BCUT2D eigenvalue weighted by molar-refractivity contribution is 0.0237. The Balaban J connectivity index is 1.58. The van der Waals surface area contributed by atoms with Crippen LogP contribution in [0.5, 0.6) is 0 Å². The first-order chi connectivity index (χ1) is 22.9. The average molecular weight is 672 g/mol. The van der Waals surface area contributed by atoms with E-state index in [0.29, 0.717) is 38.4 Å². The van der Waals surface area contributed by atoms with Gasteiger partial charge in [-0.15, -0.1) is 0 Å². The van der Waals surface area contributed by atoms with Crippen molar-refractivity contribution in [3.05, 3.63) is 77.8 Å². The van der Waals surface area contributed by atoms with Crippen molar-refractivity contribution in [3.8, 4) is 11.3 Å². The molecule has 2 aromatic carbocycles. The van der Waals surface area contributed by atoms with Gasteiger partial charge in [0, 0.05) is 57.1 Å². The third-order valence-electron chi connectivity index (χ3n) is 8.61. The van der Waals surface area contributed by atoms with Crippen molar-refractivity contribution in [1.82, 2.24) is 24.7 Å². The van der Waals surface area contributed by atoms with E-state index >= 15 is 8.78 Å². The van der Waals surface area contributed by atoms with Gasteiger partial charge in [-0.25, -0.2) is 27.7 Å². The summed E-state index contributed by atoms with van der Waals surface area (Å²) in [5.41, 5.74) is 0.306. The second-order valence-corrected chi connectivity index (χ2v) is 13.4. The number of halogens is 3. The van der Waals surface area contributed by atoms with E-state index in [1.807, 2.05) is 34.9 Å². The van der Waals surface area contributed by atoms with Crippen LogP contribution < -0.4 is 5.32 Å². The summed E-state index contributed by atoms with van der Waals surface area (Å²) in [7, 11) is 0. The maximum Gasteiger partial charge on any atom is 0.410 e. The highest BCUT2D eigenvalue weighted by Gasteiger charge is 2.43. The Morgan fingerprint density at radius 1 is 1.12 bits per heavy atom. The van der Waals surface area contributed by atoms with E-state index in [9.17, 15) is 19.1 Å². The number of carbonyl (C=O) groups excluding carboxylic acids is 2. The van der Waals surface area contributed by atoms with Crippen LogP contribution >= 0.6 is 0 Å². The number of urea groups is 1. The van der Waals surface area contributed by atoms with Crippen LogP contribution in [0.4, 0.5) is 22.8 Å². The quantitative estimate of drug-likeness (QED) is 0.293. The molecule has 2 fully saturated rings. The zero-order valence-corrected chi connectivity index (χ0v) is 27.6. The van der Waals surface area contributed by atoms with E-state index in [1.165, 1.54) is 9.80 Å². The van der Waals surface area contributed by atoms with Crippen molar-refractivity contribution < 1.29 is 37.3 Å². The predicted octanol–water partition coefficient (Wildman–Crippen LogP) is 5.55. The highest BCUT2D eigenvalue weighted by molar-refractivity contribution is 5.75. The van der Waals surface area contributed by atoms with E-state index in [-0.39, 0.29) is 50.0 Å². The van der Waals surface area contributed by atoms with Gasteiger partial charge < -0.3 is 34.3 Å². The molecule has 2 saturated heterocycles. The lowest BCUT2D eigenvalue weighted by Gasteiger charge is -2.39. The Kier molecular flexibility index (Phi) is 11.3. The van der Waals surface area contributed by atoms with Crippen LogP contribution in [-0.2, 0) is 16.0 Å². The van der Waals surface area contributed by atoms with Gasteiger partial charge in [-0.1, -0.05) is 30.3 Å². The lowest BCUT2D eigenvalue weighted by atomic mass is 9.89. The first kappa shape index (κ1) is 35.2. The Hall–Kier alpha value is -4.10. The van der Waals surface area contributed by atoms with Crippen molar-refractivity contribution in [2.45, 2.75) is 58.0 Å². The molecule has 0 saturated carbocycles. The highest BCUT2D eigenvalue weighted by atomic mass is 19.1. The molecule has 13 heteroatoms. The fourth-order valence-corrected chi connectivity index (χ4v) is 6.35. The highest BCUT2D eigenvalue weighted by Crippen LogP contribution is 2.38. The van der Waals surface area contributed by atoms with Crippen molar-refractivity contribution in [1.29, 1.82) is 0 Å². The number of imidazole rings is 1. The molecule has 0 bridgehead atoms. The zero-order chi connectivity index (χ0) is 34.4. The van der Waals surface area contributed by atoms with Crippen molar-refractivity contribution in [3.63, 3.8) is 0 Å². The largest absolute Gasteiger partial charge is 0.444 e. The summed E-state index contributed by atoms with van der Waals surface area (Å²) in [6.45, 7) is 5.79. The minimum Gasteiger partial charge on any atom is -0.444 e. The first-order valence-corrected chi connectivity index (χ1v) is 16.3. The van der Waals surface area contributed by atoms with Gasteiger partial charge in [0.15, 0.2) is 0 Å². The number of aromatic nitrogens is 2. The standard InChI is InChI=1S/C35H44F3N5O5/c1-35(2,3)48-34(46)42-19-25(29(38)21-42)20-43(33(45)39-13-14-44)31(24-11-15-47-16-12-24)32-40-30(27-17-26(36)9-10-28(27)37)22-41(32)18-23-7-5-4-6-8-23/h4-10,17,22,24-25,29,31,44H,11-16,18-21H2,1-3H3,(H,39,45). The third kappa shape index (κ3) is 8.67. The van der Waals surface area contributed by atoms with E-state index in [0.717, 1.165) is 23.8 Å². The van der Waals surface area contributed by atoms with Crippen LogP contribution in [0.3, 0.4) is 0 Å². The van der Waals surface area contributed by atoms with Gasteiger partial charge in [0.05, 0.1) is 24.9 Å². The molecule has 2 aliphatic rings. The number of rotatable bonds is 10. The molecule has 10 nitrogen and oxygen atoms in total. The number of carbonyl (C=O) groups is 2. The second kappa shape index (κ2) is 15.4. The van der Waals surface area contributed by atoms with Gasteiger partial charge in [-0.3, -0.25) is 0 Å². The average Bonchev–Trinajstić information content (AvgIpc) is 3.63. The molecule has 0 spiro atoms. The molecule has 3 unspecified atom stereocenters. The van der Waals surface area contributed by atoms with Gasteiger partial charge in [0.2, 0.25) is 0 Å². The van der Waals surface area contributed by atoms with Crippen LogP contribution in [0.2, 0.25) is 0 Å². The van der Waals surface area contributed by atoms with E-state index in [1.54, 1.807) is 27.0 Å². The summed E-state index contributed by atoms with van der Waals surface area (Å²) in [4.78, 5) is 34.6. The SMILES string of the molecule is CC(C)(C)OC(=O)N1CC(F)C(CN(C(=O)NCCO)C(c2nc(-c3cc(F)ccc3F)cn2Cc2ccccc2)C2CCOCC2)C1. The molecule has 0 aliphatic carbocycles. The van der Waals surface area contributed by atoms with Crippen molar-refractivity contribution in [2.75, 3.05) is 46.0 Å². The van der Waals surface area contributed by atoms with E-state index in [2.05, 4.69) is 5.32 Å². The van der Waals surface area contributed by atoms with E-state index in [4.69, 9.17) is 14.5 Å². The van der Waals surface area contributed by atoms with E-state index < -0.39 is 47.5 Å². The minimum atomic E-state index is -1.44. The third-order valence-corrected chi connectivity index (χ3v) is 8.61. The summed E-state index contributed by atoms with van der Waals surface area (Å²) in [5, 5.41) is 12.3. The molecule has 3 heterocycles. The molecule has 2 aliphatic heterocycles. The van der Waals surface area contributed by atoms with Crippen LogP contribution in [0.1, 0.15) is 51.0 Å². The van der Waals surface area contributed by atoms with Gasteiger partial charge in [-0.05, 0) is 63.3 Å². The molecule has 3 atom stereocenters. The number of benzene rings is 2. The number of aliphatic hydroxyl groups is 1. The monoisotopic (exact) mass is 671 g/mol. The number of nitrogens with zero attached hydrogens (tertiary/aromatic N) is 4. The van der Waals surface area contributed by atoms with Gasteiger partial charge in [0.1, 0.15) is 29.2 Å². The molecule has 5 rings (SSSR count). The molecule has 3 aromatic rings. The Morgan fingerprint density at radius 3 is 2.54 bits per heavy atom. The van der Waals surface area contributed by atoms with Crippen LogP contribution in [0, 0.1) is 23.5 Å². The molecule has 3 amide bonds. The summed E-state index contributed by atoms with van der Waals surface area (Å²) in [6.07, 6.45) is 0.689. The molecular weight excluding hydrogens is 627 g/mol. The minimum absolute atomic E-state index is 0.0264. The Labute approximate surface area is 278 Å². The molecule has 1 aromatic heterocycles. The normalized spacial score (nSPS) is 19.3. The maximum atomic E-state index is 15.7. The number of amides is 3. The Morgan fingerprint density at radius 2 is 1.85 bits per heavy atom. The smallest absolute Gasteiger partial charge is 0.410 e. The first-order valence-electron chi connectivity index (χ1n) is 16.3. The molecule has 2 N–H and O–H groups in total. The molecule has 260 valence electrons. The van der Waals surface area contributed by atoms with Gasteiger partial charge in [0.25, 0.3) is 0 Å². The number of nitrogens with one attached hydrogen (secondary N) is 1. The van der Waals surface area contributed by atoms with Crippen molar-refractivity contribution in [2.24, 2.45) is 11.8 Å². The number of hydrogen-bond acceptors (Lipinski definition) is 6. The fraction of sp³-hybridized carbons (Fsp3) is 0.514. The molecular formula is C35H44F3N5O5. The molecule has 48 heavy (non-hydrogen) atoms. The second-order valence-electron chi connectivity index (χ2n) is 13.4. The summed E-state index contributed by atoms with van der Waals surface area (Å²) < 4.78 is 58.2. The number of ether oxygens (including phenoxy) is 2. The number of likely N-dealkylation sites (tertiary alicyclic amines) is 1. The van der Waals surface area contributed by atoms with Crippen molar-refractivity contribution >= 4 is 12.1 Å². The number of alkyl halides is 1. The van der Waals surface area contributed by atoms with Crippen LogP contribution in [-0.4, -0.2) is 94.4 Å². The zero-order valence-electron chi connectivity index (χ0n) is 27.6. The summed E-state index contributed by atoms with van der Waals surface area (Å²) in [6, 6.07) is 11.4.